The average Bonchev–Trinajstić information content (AvgIpc) is 2.93. The van der Waals surface area contributed by atoms with E-state index in [1.54, 1.807) is 24.3 Å². The number of nitrogens with zero attached hydrogens (tertiary/aromatic N) is 2. The zero-order valence-electron chi connectivity index (χ0n) is 15.8. The molecule has 2 aromatic carbocycles. The van der Waals surface area contributed by atoms with Gasteiger partial charge in [-0.1, -0.05) is 17.7 Å². The van der Waals surface area contributed by atoms with Crippen molar-refractivity contribution < 1.29 is 23.5 Å². The molecule has 7 nitrogen and oxygen atoms in total. The highest BCUT2D eigenvalue weighted by Crippen LogP contribution is 2.29. The molecule has 1 fully saturated rings. The number of thiocarbonyl (C=S) groups is 1. The molecule has 0 bridgehead atoms. The van der Waals surface area contributed by atoms with Crippen molar-refractivity contribution in [2.75, 3.05) is 23.9 Å². The lowest BCUT2D eigenvalue weighted by Crippen LogP contribution is -2.41. The quantitative estimate of drug-likeness (QED) is 0.539. The van der Waals surface area contributed by atoms with Crippen LogP contribution in [0.15, 0.2) is 48.5 Å². The van der Waals surface area contributed by atoms with E-state index in [0.717, 1.165) is 0 Å². The van der Waals surface area contributed by atoms with Crippen LogP contribution in [0.2, 0.25) is 5.02 Å². The Morgan fingerprint density at radius 1 is 1.23 bits per heavy atom. The van der Waals surface area contributed by atoms with Crippen LogP contribution in [0.5, 0.6) is 0 Å². The summed E-state index contributed by atoms with van der Waals surface area (Å²) in [5, 5.41) is 3.06. The van der Waals surface area contributed by atoms with Crippen LogP contribution in [0.1, 0.15) is 6.42 Å². The molecule has 156 valence electrons. The molecule has 0 unspecified atom stereocenters. The van der Waals surface area contributed by atoms with Crippen molar-refractivity contribution >= 4 is 58.1 Å². The molecule has 1 atom stereocenters. The SMILES string of the molecule is COC(=O)CN1C(=S)N(c2cccc(Cl)c2)C(=O)[C@@H]1CC(=O)Nc1ccc(F)cc1. The van der Waals surface area contributed by atoms with Crippen LogP contribution in [0.3, 0.4) is 0 Å². The Hall–Kier alpha value is -3.04. The number of esters is 1. The number of rotatable bonds is 6. The third kappa shape index (κ3) is 4.74. The van der Waals surface area contributed by atoms with E-state index in [4.69, 9.17) is 23.8 Å². The van der Waals surface area contributed by atoms with Gasteiger partial charge in [0.25, 0.3) is 5.91 Å². The van der Waals surface area contributed by atoms with Gasteiger partial charge in [0.05, 0.1) is 19.2 Å². The summed E-state index contributed by atoms with van der Waals surface area (Å²) in [5.41, 5.74) is 0.800. The standard InChI is InChI=1S/C20H17ClFN3O4S/c1-29-18(27)11-24-16(10-17(26)23-14-7-5-13(22)6-8-14)19(28)25(20(24)30)15-4-2-3-12(21)9-15/h2-9,16H,10-11H2,1H3,(H,23,26)/t16-/m0/s1. The summed E-state index contributed by atoms with van der Waals surface area (Å²) in [6.07, 6.45) is -0.273. The molecule has 0 radical (unpaired) electrons. The molecule has 0 spiro atoms. The Bertz CT molecular complexity index is 1000. The molecule has 30 heavy (non-hydrogen) atoms. The molecule has 0 aromatic heterocycles. The van der Waals surface area contributed by atoms with Gasteiger partial charge in [0.15, 0.2) is 5.11 Å². The van der Waals surface area contributed by atoms with Crippen LogP contribution in [-0.4, -0.2) is 47.5 Å². The van der Waals surface area contributed by atoms with Crippen molar-refractivity contribution in [3.63, 3.8) is 0 Å². The van der Waals surface area contributed by atoms with Gasteiger partial charge in [0.2, 0.25) is 5.91 Å². The van der Waals surface area contributed by atoms with E-state index in [1.165, 1.54) is 41.2 Å². The lowest BCUT2D eigenvalue weighted by Gasteiger charge is -2.22. The van der Waals surface area contributed by atoms with Crippen LogP contribution < -0.4 is 10.2 Å². The lowest BCUT2D eigenvalue weighted by atomic mass is 10.1. The van der Waals surface area contributed by atoms with Gasteiger partial charge in [-0.15, -0.1) is 0 Å². The number of methoxy groups -OCH3 is 1. The topological polar surface area (TPSA) is 79.0 Å². The lowest BCUT2D eigenvalue weighted by molar-refractivity contribution is -0.141. The third-order valence-electron chi connectivity index (χ3n) is 4.42. The number of nitrogens with one attached hydrogen (secondary N) is 1. The highest BCUT2D eigenvalue weighted by molar-refractivity contribution is 7.80. The van der Waals surface area contributed by atoms with Gasteiger partial charge in [-0.05, 0) is 54.7 Å². The summed E-state index contributed by atoms with van der Waals surface area (Å²) in [5.74, 6) is -2.02. The summed E-state index contributed by atoms with van der Waals surface area (Å²) in [6.45, 7) is -0.299. The molecule has 0 saturated carbocycles. The van der Waals surface area contributed by atoms with E-state index in [9.17, 15) is 18.8 Å². The minimum atomic E-state index is -1.02. The van der Waals surface area contributed by atoms with Crippen molar-refractivity contribution in [2.24, 2.45) is 0 Å². The first kappa shape index (κ1) is 21.7. The molecule has 0 aliphatic carbocycles. The van der Waals surface area contributed by atoms with Crippen LogP contribution in [0.4, 0.5) is 15.8 Å². The number of carbonyl (C=O) groups is 3. The molecule has 3 rings (SSSR count). The van der Waals surface area contributed by atoms with Gasteiger partial charge in [-0.25, -0.2) is 4.39 Å². The Labute approximate surface area is 182 Å². The number of anilines is 2. The fourth-order valence-corrected chi connectivity index (χ4v) is 3.56. The van der Waals surface area contributed by atoms with Crippen LogP contribution in [0.25, 0.3) is 0 Å². The van der Waals surface area contributed by atoms with Gasteiger partial charge in [-0.3, -0.25) is 19.3 Å². The molecule has 1 aliphatic heterocycles. The zero-order valence-corrected chi connectivity index (χ0v) is 17.4. The number of halogens is 2. The van der Waals surface area contributed by atoms with Gasteiger partial charge < -0.3 is 15.0 Å². The Kier molecular flexibility index (Phi) is 6.63. The fraction of sp³-hybridized carbons (Fsp3) is 0.200. The van der Waals surface area contributed by atoms with Crippen LogP contribution >= 0.6 is 23.8 Å². The predicted molar refractivity (Wildman–Crippen MR) is 114 cm³/mol. The monoisotopic (exact) mass is 449 g/mol. The second kappa shape index (κ2) is 9.19. The van der Waals surface area contributed by atoms with E-state index in [1.807, 2.05) is 0 Å². The predicted octanol–water partition coefficient (Wildman–Crippen LogP) is 2.98. The Morgan fingerprint density at radius 3 is 2.57 bits per heavy atom. The van der Waals surface area contributed by atoms with E-state index < -0.39 is 29.6 Å². The normalized spacial score (nSPS) is 16.0. The number of amides is 2. The van der Waals surface area contributed by atoms with Gasteiger partial charge in [0, 0.05) is 10.7 Å². The molecular formula is C20H17ClFN3O4S. The number of hydrogen-bond donors (Lipinski definition) is 1. The zero-order chi connectivity index (χ0) is 21.8. The molecule has 1 N–H and O–H groups in total. The second-order valence-electron chi connectivity index (χ2n) is 6.42. The maximum atomic E-state index is 13.1. The average molecular weight is 450 g/mol. The molecule has 2 aromatic rings. The van der Waals surface area contributed by atoms with Gasteiger partial charge in [0.1, 0.15) is 18.4 Å². The number of hydrogen-bond acceptors (Lipinski definition) is 5. The summed E-state index contributed by atoms with van der Waals surface area (Å²) in [7, 11) is 1.22. The maximum absolute atomic E-state index is 13.1. The van der Waals surface area contributed by atoms with Crippen LogP contribution in [0, 0.1) is 5.82 Å². The summed E-state index contributed by atoms with van der Waals surface area (Å²) >= 11 is 11.4. The van der Waals surface area contributed by atoms with E-state index in [2.05, 4.69) is 10.1 Å². The first-order valence-corrected chi connectivity index (χ1v) is 9.61. The first-order valence-electron chi connectivity index (χ1n) is 8.82. The van der Waals surface area contributed by atoms with Crippen molar-refractivity contribution in [3.05, 3.63) is 59.4 Å². The first-order chi connectivity index (χ1) is 14.3. The van der Waals surface area contributed by atoms with Crippen molar-refractivity contribution in [3.8, 4) is 0 Å². The molecular weight excluding hydrogens is 433 g/mol. The summed E-state index contributed by atoms with van der Waals surface area (Å²) in [6, 6.07) is 10.7. The Balaban J connectivity index is 1.84. The minimum Gasteiger partial charge on any atom is -0.468 e. The molecule has 10 heteroatoms. The third-order valence-corrected chi connectivity index (χ3v) is 5.07. The smallest absolute Gasteiger partial charge is 0.325 e. The van der Waals surface area contributed by atoms with Gasteiger partial charge in [-0.2, -0.15) is 0 Å². The molecule has 2 amide bonds. The van der Waals surface area contributed by atoms with Crippen LogP contribution in [-0.2, 0) is 19.1 Å². The van der Waals surface area contributed by atoms with Crippen molar-refractivity contribution in [1.82, 2.24) is 4.90 Å². The highest BCUT2D eigenvalue weighted by Gasteiger charge is 2.45. The Morgan fingerprint density at radius 2 is 1.93 bits per heavy atom. The molecule has 1 saturated heterocycles. The maximum Gasteiger partial charge on any atom is 0.325 e. The fourth-order valence-electron chi connectivity index (χ4n) is 2.99. The largest absolute Gasteiger partial charge is 0.468 e. The number of ether oxygens (including phenoxy) is 1. The van der Waals surface area contributed by atoms with E-state index in [0.29, 0.717) is 16.4 Å². The van der Waals surface area contributed by atoms with Crippen molar-refractivity contribution in [1.29, 1.82) is 0 Å². The van der Waals surface area contributed by atoms with Gasteiger partial charge >= 0.3 is 5.97 Å². The number of carbonyl (C=O) groups excluding carboxylic acids is 3. The minimum absolute atomic E-state index is 0.0623. The highest BCUT2D eigenvalue weighted by atomic mass is 35.5. The van der Waals surface area contributed by atoms with E-state index in [-0.39, 0.29) is 18.1 Å². The summed E-state index contributed by atoms with van der Waals surface area (Å²) < 4.78 is 17.7. The van der Waals surface area contributed by atoms with Crippen molar-refractivity contribution in [2.45, 2.75) is 12.5 Å². The van der Waals surface area contributed by atoms with E-state index >= 15 is 0 Å². The molecule has 1 heterocycles. The summed E-state index contributed by atoms with van der Waals surface area (Å²) in [4.78, 5) is 40.1. The second-order valence-corrected chi connectivity index (χ2v) is 7.22. The molecule has 1 aliphatic rings. The number of benzene rings is 2.